The molecule has 1 saturated heterocycles. The number of piperidine rings is 1. The first kappa shape index (κ1) is 17.7. The lowest BCUT2D eigenvalue weighted by molar-refractivity contribution is -0.213. The highest BCUT2D eigenvalue weighted by Gasteiger charge is 2.48. The molecule has 23 heavy (non-hydrogen) atoms. The summed E-state index contributed by atoms with van der Waals surface area (Å²) in [5, 5.41) is 8.59. The van der Waals surface area contributed by atoms with E-state index in [2.05, 4.69) is 0 Å². The van der Waals surface area contributed by atoms with Crippen molar-refractivity contribution in [2.45, 2.75) is 25.1 Å². The lowest BCUT2D eigenvalue weighted by atomic mass is 9.91. The van der Waals surface area contributed by atoms with Gasteiger partial charge in [-0.1, -0.05) is 11.6 Å². The predicted molar refractivity (Wildman–Crippen MR) is 74.2 cm³/mol. The van der Waals surface area contributed by atoms with Crippen LogP contribution in [0.4, 0.5) is 22.4 Å². The van der Waals surface area contributed by atoms with Gasteiger partial charge in [-0.2, -0.15) is 13.2 Å². The average Bonchev–Trinajstić information content (AvgIpc) is 2.45. The van der Waals surface area contributed by atoms with Gasteiger partial charge < -0.3 is 14.7 Å². The second-order valence-corrected chi connectivity index (χ2v) is 5.67. The lowest BCUT2D eigenvalue weighted by Crippen LogP contribution is -2.47. The van der Waals surface area contributed by atoms with Crippen LogP contribution in [0.15, 0.2) is 18.2 Å². The molecule has 0 aliphatic carbocycles. The van der Waals surface area contributed by atoms with Crippen LogP contribution in [0.5, 0.6) is 5.75 Å². The zero-order chi connectivity index (χ0) is 17.2. The summed E-state index contributed by atoms with van der Waals surface area (Å²) in [6.45, 7) is 0.0141. The molecule has 9 heteroatoms. The van der Waals surface area contributed by atoms with Crippen molar-refractivity contribution in [1.82, 2.24) is 4.90 Å². The molecule has 0 bridgehead atoms. The first-order valence-electron chi connectivity index (χ1n) is 6.85. The van der Waals surface area contributed by atoms with Crippen LogP contribution in [0.2, 0.25) is 5.02 Å². The van der Waals surface area contributed by atoms with E-state index in [0.29, 0.717) is 0 Å². The van der Waals surface area contributed by atoms with Gasteiger partial charge in [0.1, 0.15) is 11.6 Å². The number of carbonyl (C=O) groups is 1. The largest absolute Gasteiger partial charge is 0.479 e. The topological polar surface area (TPSA) is 49.8 Å². The van der Waals surface area contributed by atoms with E-state index in [1.807, 2.05) is 0 Å². The summed E-state index contributed by atoms with van der Waals surface area (Å²) < 4.78 is 57.8. The highest BCUT2D eigenvalue weighted by molar-refractivity contribution is 6.32. The minimum atomic E-state index is -4.65. The van der Waals surface area contributed by atoms with Crippen molar-refractivity contribution in [1.29, 1.82) is 0 Å². The Morgan fingerprint density at radius 1 is 1.35 bits per heavy atom. The normalized spacial score (nSPS) is 17.9. The van der Waals surface area contributed by atoms with Crippen LogP contribution in [0, 0.1) is 11.7 Å². The second kappa shape index (κ2) is 6.82. The van der Waals surface area contributed by atoms with E-state index in [1.165, 1.54) is 0 Å². The smallest absolute Gasteiger partial charge is 0.425 e. The second-order valence-electron chi connectivity index (χ2n) is 5.26. The molecule has 1 atom stereocenters. The maximum atomic E-state index is 13.3. The van der Waals surface area contributed by atoms with Crippen molar-refractivity contribution in [3.8, 4) is 5.75 Å². The maximum absolute atomic E-state index is 13.3. The molecule has 128 valence electrons. The number of halogens is 5. The quantitative estimate of drug-likeness (QED) is 0.827. The molecular weight excluding hydrogens is 342 g/mol. The van der Waals surface area contributed by atoms with E-state index in [4.69, 9.17) is 21.4 Å². The van der Waals surface area contributed by atoms with Gasteiger partial charge in [0.2, 0.25) is 0 Å². The van der Waals surface area contributed by atoms with E-state index >= 15 is 0 Å². The van der Waals surface area contributed by atoms with Gasteiger partial charge in [0.15, 0.2) is 6.10 Å². The van der Waals surface area contributed by atoms with Crippen LogP contribution in [-0.2, 0) is 0 Å². The van der Waals surface area contributed by atoms with E-state index in [-0.39, 0.29) is 36.7 Å². The van der Waals surface area contributed by atoms with Crippen LogP contribution >= 0.6 is 11.6 Å². The Bertz CT molecular complexity index is 574. The minimum Gasteiger partial charge on any atom is -0.479 e. The fourth-order valence-corrected chi connectivity index (χ4v) is 2.74. The summed E-state index contributed by atoms with van der Waals surface area (Å²) in [4.78, 5) is 11.9. The molecule has 4 nitrogen and oxygen atoms in total. The van der Waals surface area contributed by atoms with E-state index in [1.54, 1.807) is 0 Å². The van der Waals surface area contributed by atoms with Crippen molar-refractivity contribution in [3.63, 3.8) is 0 Å². The lowest BCUT2D eigenvalue weighted by Gasteiger charge is -2.35. The van der Waals surface area contributed by atoms with Gasteiger partial charge in [0.25, 0.3) is 0 Å². The number of rotatable bonds is 3. The third kappa shape index (κ3) is 4.40. The third-order valence-electron chi connectivity index (χ3n) is 3.71. The molecular formula is C14H14ClF4NO3. The molecule has 1 amide bonds. The van der Waals surface area contributed by atoms with Gasteiger partial charge in [0, 0.05) is 19.0 Å². The number of carboxylic acid groups (broad SMARTS) is 1. The third-order valence-corrected chi connectivity index (χ3v) is 4.00. The van der Waals surface area contributed by atoms with E-state index < -0.39 is 30.1 Å². The van der Waals surface area contributed by atoms with E-state index in [9.17, 15) is 22.4 Å². The van der Waals surface area contributed by atoms with Crippen molar-refractivity contribution in [2.24, 2.45) is 5.92 Å². The van der Waals surface area contributed by atoms with Gasteiger partial charge >= 0.3 is 12.3 Å². The summed E-state index contributed by atoms with van der Waals surface area (Å²) in [7, 11) is 0. The van der Waals surface area contributed by atoms with E-state index in [0.717, 1.165) is 23.1 Å². The Balaban J connectivity index is 2.14. The van der Waals surface area contributed by atoms with Crippen LogP contribution in [0.1, 0.15) is 12.8 Å². The standard InChI is InChI=1S/C14H14ClF4NO3/c15-10-7-9(16)1-2-11(10)23-12(14(17,18)19)8-3-5-20(6-4-8)13(21)22/h1-2,7-8,12H,3-6H2,(H,21,22). The number of hydrogen-bond acceptors (Lipinski definition) is 2. The van der Waals surface area contributed by atoms with Gasteiger partial charge in [-0.15, -0.1) is 0 Å². The Kier molecular flexibility index (Phi) is 5.23. The highest BCUT2D eigenvalue weighted by Crippen LogP contribution is 2.37. The Labute approximate surface area is 134 Å². The molecule has 0 saturated carbocycles. The summed E-state index contributed by atoms with van der Waals surface area (Å²) in [6.07, 6.45) is -7.88. The van der Waals surface area contributed by atoms with Gasteiger partial charge in [-0.05, 0) is 31.0 Å². The monoisotopic (exact) mass is 355 g/mol. The van der Waals surface area contributed by atoms with Crippen molar-refractivity contribution >= 4 is 17.7 Å². The van der Waals surface area contributed by atoms with Crippen LogP contribution < -0.4 is 4.74 Å². The Morgan fingerprint density at radius 3 is 2.43 bits per heavy atom. The maximum Gasteiger partial charge on any atom is 0.425 e. The van der Waals surface area contributed by atoms with Gasteiger partial charge in [-0.3, -0.25) is 0 Å². The van der Waals surface area contributed by atoms with Gasteiger partial charge in [-0.25, -0.2) is 9.18 Å². The van der Waals surface area contributed by atoms with Crippen molar-refractivity contribution in [2.75, 3.05) is 13.1 Å². The number of nitrogens with zero attached hydrogens (tertiary/aromatic N) is 1. The number of amides is 1. The summed E-state index contributed by atoms with van der Waals surface area (Å²) in [5.74, 6) is -1.83. The van der Waals surface area contributed by atoms with Gasteiger partial charge in [0.05, 0.1) is 5.02 Å². The van der Waals surface area contributed by atoms with Crippen molar-refractivity contribution in [3.05, 3.63) is 29.0 Å². The molecule has 1 aliphatic heterocycles. The zero-order valence-electron chi connectivity index (χ0n) is 11.8. The number of ether oxygens (including phenoxy) is 1. The Hall–Kier alpha value is -1.70. The number of alkyl halides is 3. The molecule has 1 aromatic carbocycles. The number of likely N-dealkylation sites (tertiary alicyclic amines) is 1. The molecule has 1 aliphatic rings. The summed E-state index contributed by atoms with van der Waals surface area (Å²) in [6, 6.07) is 2.88. The molecule has 1 N–H and O–H groups in total. The molecule has 2 rings (SSSR count). The zero-order valence-corrected chi connectivity index (χ0v) is 12.6. The van der Waals surface area contributed by atoms with Crippen molar-refractivity contribution < 1.29 is 32.2 Å². The molecule has 1 unspecified atom stereocenters. The fraction of sp³-hybridized carbons (Fsp3) is 0.500. The van der Waals surface area contributed by atoms with Crippen LogP contribution in [0.3, 0.4) is 0 Å². The molecule has 0 radical (unpaired) electrons. The van der Waals surface area contributed by atoms with Crippen LogP contribution in [0.25, 0.3) is 0 Å². The fourth-order valence-electron chi connectivity index (χ4n) is 2.53. The molecule has 0 spiro atoms. The molecule has 0 aromatic heterocycles. The summed E-state index contributed by atoms with van der Waals surface area (Å²) in [5.41, 5.74) is 0. The molecule has 1 heterocycles. The number of hydrogen-bond donors (Lipinski definition) is 1. The first-order valence-corrected chi connectivity index (χ1v) is 7.22. The van der Waals surface area contributed by atoms with Crippen LogP contribution in [-0.4, -0.2) is 41.5 Å². The number of benzene rings is 1. The molecule has 1 fully saturated rings. The summed E-state index contributed by atoms with van der Waals surface area (Å²) >= 11 is 5.71. The highest BCUT2D eigenvalue weighted by atomic mass is 35.5. The minimum absolute atomic E-state index is 0.00703. The predicted octanol–water partition coefficient (Wildman–Crippen LogP) is 4.18. The first-order chi connectivity index (χ1) is 10.7. The SMILES string of the molecule is O=C(O)N1CCC(C(Oc2ccc(F)cc2Cl)C(F)(F)F)CC1. The Morgan fingerprint density at radius 2 is 1.96 bits per heavy atom. The molecule has 1 aromatic rings. The average molecular weight is 356 g/mol.